The van der Waals surface area contributed by atoms with Crippen molar-refractivity contribution in [3.8, 4) is 0 Å². The van der Waals surface area contributed by atoms with Gasteiger partial charge in [-0.1, -0.05) is 0 Å². The van der Waals surface area contributed by atoms with Crippen molar-refractivity contribution in [2.45, 2.75) is 25.0 Å². The van der Waals surface area contributed by atoms with Crippen LogP contribution in [-0.2, 0) is 19.3 Å². The molecular weight excluding hydrogens is 294 g/mol. The van der Waals surface area contributed by atoms with E-state index >= 15 is 0 Å². The predicted octanol–water partition coefficient (Wildman–Crippen LogP) is 1.22. The Morgan fingerprint density at radius 2 is 1.67 bits per heavy atom. The Kier molecular flexibility index (Phi) is 6.80. The molecule has 1 amide bonds. The summed E-state index contributed by atoms with van der Waals surface area (Å²) in [5, 5.41) is 2.69. The fourth-order valence-corrected chi connectivity index (χ4v) is 2.30. The molecular formula is C14H21NO5S. The Bertz CT molecular complexity index is 547. The zero-order chi connectivity index (χ0) is 15.9. The average molecular weight is 315 g/mol. The quantitative estimate of drug-likeness (QED) is 0.729. The van der Waals surface area contributed by atoms with Crippen LogP contribution in [0.1, 0.15) is 24.2 Å². The van der Waals surface area contributed by atoms with E-state index in [1.165, 1.54) is 24.3 Å². The highest BCUT2D eigenvalue weighted by Crippen LogP contribution is 2.10. The topological polar surface area (TPSA) is 81.7 Å². The van der Waals surface area contributed by atoms with Gasteiger partial charge in [0.25, 0.3) is 5.91 Å². The first-order chi connectivity index (χ1) is 9.88. The molecule has 0 saturated heterocycles. The zero-order valence-electron chi connectivity index (χ0n) is 12.5. The first kappa shape index (κ1) is 17.6. The molecule has 0 fully saturated rings. The number of hydrogen-bond donors (Lipinski definition) is 1. The molecule has 21 heavy (non-hydrogen) atoms. The Hall–Kier alpha value is -1.44. The van der Waals surface area contributed by atoms with Crippen molar-refractivity contribution in [2.24, 2.45) is 0 Å². The second kappa shape index (κ2) is 8.11. The fraction of sp³-hybridized carbons (Fsp3) is 0.500. The lowest BCUT2D eigenvalue weighted by Crippen LogP contribution is -2.35. The SMILES string of the molecule is CCOC(CNC(=O)c1ccc(S(C)(=O)=O)cc1)OCC. The molecule has 0 atom stereocenters. The van der Waals surface area contributed by atoms with Gasteiger partial charge in [-0.25, -0.2) is 8.42 Å². The maximum Gasteiger partial charge on any atom is 0.251 e. The minimum atomic E-state index is -3.26. The van der Waals surface area contributed by atoms with Crippen LogP contribution < -0.4 is 5.32 Å². The number of carbonyl (C=O) groups is 1. The molecule has 0 heterocycles. The Morgan fingerprint density at radius 1 is 1.14 bits per heavy atom. The monoisotopic (exact) mass is 315 g/mol. The molecule has 0 aliphatic heterocycles. The molecule has 0 saturated carbocycles. The molecule has 0 radical (unpaired) electrons. The largest absolute Gasteiger partial charge is 0.351 e. The fourth-order valence-electron chi connectivity index (χ4n) is 1.67. The van der Waals surface area contributed by atoms with E-state index in [0.29, 0.717) is 18.8 Å². The molecule has 1 aromatic rings. The van der Waals surface area contributed by atoms with Gasteiger partial charge in [0.05, 0.1) is 11.4 Å². The van der Waals surface area contributed by atoms with Crippen molar-refractivity contribution in [1.29, 1.82) is 0 Å². The Morgan fingerprint density at radius 3 is 2.10 bits per heavy atom. The normalized spacial score (nSPS) is 11.6. The van der Waals surface area contributed by atoms with Gasteiger partial charge in [0, 0.05) is 25.0 Å². The summed E-state index contributed by atoms with van der Waals surface area (Å²) in [4.78, 5) is 12.1. The van der Waals surface area contributed by atoms with Gasteiger partial charge in [-0.05, 0) is 38.1 Å². The van der Waals surface area contributed by atoms with Crippen LogP contribution in [-0.4, -0.2) is 46.6 Å². The van der Waals surface area contributed by atoms with Gasteiger partial charge in [-0.15, -0.1) is 0 Å². The minimum Gasteiger partial charge on any atom is -0.351 e. The molecule has 1 rings (SSSR count). The molecule has 0 aliphatic carbocycles. The van der Waals surface area contributed by atoms with E-state index in [1.807, 2.05) is 13.8 Å². The van der Waals surface area contributed by atoms with Crippen molar-refractivity contribution < 1.29 is 22.7 Å². The van der Waals surface area contributed by atoms with Crippen LogP contribution in [0.3, 0.4) is 0 Å². The van der Waals surface area contributed by atoms with E-state index in [4.69, 9.17) is 9.47 Å². The number of sulfone groups is 1. The van der Waals surface area contributed by atoms with Crippen molar-refractivity contribution >= 4 is 15.7 Å². The molecule has 118 valence electrons. The second-order valence-electron chi connectivity index (χ2n) is 4.35. The maximum absolute atomic E-state index is 11.9. The summed E-state index contributed by atoms with van der Waals surface area (Å²) >= 11 is 0. The summed E-state index contributed by atoms with van der Waals surface area (Å²) in [6.07, 6.45) is 0.635. The highest BCUT2D eigenvalue weighted by atomic mass is 32.2. The Labute approximate surface area is 125 Å². The molecule has 0 spiro atoms. The van der Waals surface area contributed by atoms with Crippen molar-refractivity contribution in [3.63, 3.8) is 0 Å². The lowest BCUT2D eigenvalue weighted by atomic mass is 10.2. The third-order valence-corrected chi connectivity index (χ3v) is 3.81. The molecule has 0 aliphatic rings. The van der Waals surface area contributed by atoms with E-state index < -0.39 is 16.1 Å². The third kappa shape index (κ3) is 5.82. The van der Waals surface area contributed by atoms with Crippen LogP contribution in [0.25, 0.3) is 0 Å². The molecule has 0 aromatic heterocycles. The van der Waals surface area contributed by atoms with E-state index in [2.05, 4.69) is 5.32 Å². The van der Waals surface area contributed by atoms with Gasteiger partial charge < -0.3 is 14.8 Å². The minimum absolute atomic E-state index is 0.181. The van der Waals surface area contributed by atoms with Gasteiger partial charge in [0.15, 0.2) is 16.1 Å². The maximum atomic E-state index is 11.9. The standard InChI is InChI=1S/C14H21NO5S/c1-4-19-13(20-5-2)10-15-14(16)11-6-8-12(9-7-11)21(3,17)18/h6-9,13H,4-5,10H2,1-3H3,(H,15,16). The highest BCUT2D eigenvalue weighted by molar-refractivity contribution is 7.90. The van der Waals surface area contributed by atoms with E-state index in [0.717, 1.165) is 6.26 Å². The highest BCUT2D eigenvalue weighted by Gasteiger charge is 2.12. The van der Waals surface area contributed by atoms with E-state index in [9.17, 15) is 13.2 Å². The first-order valence-electron chi connectivity index (χ1n) is 6.70. The third-order valence-electron chi connectivity index (χ3n) is 2.68. The van der Waals surface area contributed by atoms with Crippen LogP contribution in [0.2, 0.25) is 0 Å². The van der Waals surface area contributed by atoms with Gasteiger partial charge >= 0.3 is 0 Å². The molecule has 0 bridgehead atoms. The number of rotatable bonds is 8. The summed E-state index contributed by atoms with van der Waals surface area (Å²) in [5.41, 5.74) is 0.383. The first-order valence-corrected chi connectivity index (χ1v) is 8.59. The van der Waals surface area contributed by atoms with Crippen LogP contribution >= 0.6 is 0 Å². The van der Waals surface area contributed by atoms with Crippen molar-refractivity contribution in [2.75, 3.05) is 26.0 Å². The molecule has 7 heteroatoms. The average Bonchev–Trinajstić information content (AvgIpc) is 2.44. The van der Waals surface area contributed by atoms with Crippen LogP contribution in [0.4, 0.5) is 0 Å². The lowest BCUT2D eigenvalue weighted by Gasteiger charge is -2.17. The number of carbonyl (C=O) groups excluding carboxylic acids is 1. The summed E-state index contributed by atoms with van der Waals surface area (Å²) in [6, 6.07) is 5.77. The van der Waals surface area contributed by atoms with Gasteiger partial charge in [0.1, 0.15) is 0 Å². The molecule has 1 aromatic carbocycles. The van der Waals surface area contributed by atoms with Gasteiger partial charge in [-0.3, -0.25) is 4.79 Å². The smallest absolute Gasteiger partial charge is 0.251 e. The number of amides is 1. The summed E-state index contributed by atoms with van der Waals surface area (Å²) in [6.45, 7) is 4.90. The number of nitrogens with one attached hydrogen (secondary N) is 1. The van der Waals surface area contributed by atoms with E-state index in [-0.39, 0.29) is 17.3 Å². The molecule has 0 unspecified atom stereocenters. The summed E-state index contributed by atoms with van der Waals surface area (Å²) in [7, 11) is -3.26. The van der Waals surface area contributed by atoms with Gasteiger partial charge in [0.2, 0.25) is 0 Å². The molecule has 1 N–H and O–H groups in total. The summed E-state index contributed by atoms with van der Waals surface area (Å²) in [5.74, 6) is -0.306. The number of benzene rings is 1. The number of ether oxygens (including phenoxy) is 2. The zero-order valence-corrected chi connectivity index (χ0v) is 13.3. The second-order valence-corrected chi connectivity index (χ2v) is 6.36. The number of hydrogen-bond acceptors (Lipinski definition) is 5. The predicted molar refractivity (Wildman–Crippen MR) is 78.9 cm³/mol. The van der Waals surface area contributed by atoms with Crippen LogP contribution in [0.15, 0.2) is 29.2 Å². The Balaban J connectivity index is 2.63. The van der Waals surface area contributed by atoms with Crippen molar-refractivity contribution in [3.05, 3.63) is 29.8 Å². The van der Waals surface area contributed by atoms with E-state index in [1.54, 1.807) is 0 Å². The van der Waals surface area contributed by atoms with Gasteiger partial charge in [-0.2, -0.15) is 0 Å². The van der Waals surface area contributed by atoms with Crippen LogP contribution in [0.5, 0.6) is 0 Å². The molecule has 6 nitrogen and oxygen atoms in total. The summed E-state index contributed by atoms with van der Waals surface area (Å²) < 4.78 is 33.3. The van der Waals surface area contributed by atoms with Crippen molar-refractivity contribution in [1.82, 2.24) is 5.32 Å². The van der Waals surface area contributed by atoms with Crippen LogP contribution in [0, 0.1) is 0 Å². The lowest BCUT2D eigenvalue weighted by molar-refractivity contribution is -0.131.